The Bertz CT molecular complexity index is 1150. The van der Waals surface area contributed by atoms with E-state index in [9.17, 15) is 13.2 Å². The summed E-state index contributed by atoms with van der Waals surface area (Å²) in [5.74, 6) is 0.874. The predicted molar refractivity (Wildman–Crippen MR) is 116 cm³/mol. The molecular weight excluding hydrogens is 480 g/mol. The molecule has 1 amide bonds. The Morgan fingerprint density at radius 1 is 1.07 bits per heavy atom. The smallest absolute Gasteiger partial charge is 0.238 e. The van der Waals surface area contributed by atoms with Crippen molar-refractivity contribution >= 4 is 49.1 Å². The van der Waals surface area contributed by atoms with Crippen molar-refractivity contribution in [1.29, 1.82) is 0 Å². The summed E-state index contributed by atoms with van der Waals surface area (Å²) in [5, 5.41) is 8.32. The van der Waals surface area contributed by atoms with Gasteiger partial charge in [-0.3, -0.25) is 4.79 Å². The lowest BCUT2D eigenvalue weighted by atomic mass is 10.1. The number of nitrogens with one attached hydrogen (secondary N) is 1. The molecule has 0 saturated carbocycles. The van der Waals surface area contributed by atoms with Crippen LogP contribution in [0.3, 0.4) is 0 Å². The van der Waals surface area contributed by atoms with Crippen molar-refractivity contribution in [3.8, 4) is 11.5 Å². The third-order valence-corrected chi connectivity index (χ3v) is 5.67. The van der Waals surface area contributed by atoms with Gasteiger partial charge in [0.15, 0.2) is 0 Å². The first-order valence-electron chi connectivity index (χ1n) is 8.35. The molecule has 3 rings (SSSR count). The summed E-state index contributed by atoms with van der Waals surface area (Å²) in [6, 6.07) is 18.0. The fourth-order valence-electron chi connectivity index (χ4n) is 2.52. The van der Waals surface area contributed by atoms with Gasteiger partial charge in [0.25, 0.3) is 0 Å². The molecule has 9 heteroatoms. The van der Waals surface area contributed by atoms with Crippen molar-refractivity contribution < 1.29 is 17.9 Å². The maximum absolute atomic E-state index is 12.3. The first kappa shape index (κ1) is 21.3. The number of primary sulfonamides is 1. The van der Waals surface area contributed by atoms with E-state index in [0.717, 1.165) is 10.0 Å². The number of carbonyl (C=O) groups is 1. The lowest BCUT2D eigenvalue weighted by Gasteiger charge is -2.10. The van der Waals surface area contributed by atoms with Gasteiger partial charge in [-0.1, -0.05) is 23.7 Å². The highest BCUT2D eigenvalue weighted by Crippen LogP contribution is 2.32. The molecule has 0 aromatic heterocycles. The number of hydrogen-bond acceptors (Lipinski definition) is 4. The topological polar surface area (TPSA) is 98.5 Å². The zero-order valence-corrected chi connectivity index (χ0v) is 18.1. The predicted octanol–water partition coefficient (Wildman–Crippen LogP) is 4.72. The summed E-state index contributed by atoms with van der Waals surface area (Å²) in [6.07, 6.45) is 0.116. The zero-order chi connectivity index (χ0) is 21.0. The number of anilines is 1. The molecular formula is C20H16BrClN2O4S. The Morgan fingerprint density at radius 3 is 2.48 bits per heavy atom. The van der Waals surface area contributed by atoms with E-state index >= 15 is 0 Å². The number of benzene rings is 3. The standard InChI is InChI=1S/C20H16BrClN2O4S/c21-18-9-4-14(22)12-19(18)28-16-3-1-2-13(10-16)11-20(25)24-15-5-7-17(8-6-15)29(23,26)27/h1-10,12H,11H2,(H,24,25)(H2,23,26,27). The van der Waals surface area contributed by atoms with E-state index in [1.807, 2.05) is 6.07 Å². The molecule has 0 radical (unpaired) electrons. The Kier molecular flexibility index (Phi) is 6.59. The van der Waals surface area contributed by atoms with Gasteiger partial charge < -0.3 is 10.1 Å². The lowest BCUT2D eigenvalue weighted by molar-refractivity contribution is -0.115. The normalized spacial score (nSPS) is 11.1. The number of hydrogen-bond donors (Lipinski definition) is 2. The molecule has 29 heavy (non-hydrogen) atoms. The Labute approximate surface area is 181 Å². The summed E-state index contributed by atoms with van der Waals surface area (Å²) in [6.45, 7) is 0. The Morgan fingerprint density at radius 2 is 1.79 bits per heavy atom. The molecule has 3 aromatic rings. The third-order valence-electron chi connectivity index (χ3n) is 3.85. The van der Waals surface area contributed by atoms with Crippen LogP contribution < -0.4 is 15.2 Å². The Hall–Kier alpha value is -2.39. The average Bonchev–Trinajstić information content (AvgIpc) is 2.64. The molecule has 0 aliphatic carbocycles. The second-order valence-electron chi connectivity index (χ2n) is 6.12. The molecule has 0 fully saturated rings. The van der Waals surface area contributed by atoms with Gasteiger partial charge in [-0.15, -0.1) is 0 Å². The summed E-state index contributed by atoms with van der Waals surface area (Å²) < 4.78 is 29.2. The first-order chi connectivity index (χ1) is 13.7. The summed E-state index contributed by atoms with van der Waals surface area (Å²) in [4.78, 5) is 12.3. The van der Waals surface area contributed by atoms with Gasteiger partial charge in [-0.2, -0.15) is 0 Å². The van der Waals surface area contributed by atoms with Crippen molar-refractivity contribution in [2.75, 3.05) is 5.32 Å². The van der Waals surface area contributed by atoms with Crippen LogP contribution in [-0.2, 0) is 21.2 Å². The molecule has 0 bridgehead atoms. The summed E-state index contributed by atoms with van der Waals surface area (Å²) >= 11 is 9.41. The van der Waals surface area contributed by atoms with Crippen LogP contribution in [0.2, 0.25) is 5.02 Å². The first-order valence-corrected chi connectivity index (χ1v) is 11.1. The quantitative estimate of drug-likeness (QED) is 0.517. The van der Waals surface area contributed by atoms with Crippen LogP contribution in [0, 0.1) is 0 Å². The molecule has 150 valence electrons. The summed E-state index contributed by atoms with van der Waals surface area (Å²) in [5.41, 5.74) is 1.22. The van der Waals surface area contributed by atoms with E-state index in [0.29, 0.717) is 22.2 Å². The van der Waals surface area contributed by atoms with Crippen molar-refractivity contribution in [2.45, 2.75) is 11.3 Å². The van der Waals surface area contributed by atoms with Crippen LogP contribution in [0.15, 0.2) is 76.1 Å². The molecule has 0 spiro atoms. The van der Waals surface area contributed by atoms with Gasteiger partial charge in [0.2, 0.25) is 15.9 Å². The molecule has 3 aromatic carbocycles. The fraction of sp³-hybridized carbons (Fsp3) is 0.0500. The van der Waals surface area contributed by atoms with E-state index in [-0.39, 0.29) is 17.2 Å². The Balaban J connectivity index is 1.66. The second-order valence-corrected chi connectivity index (χ2v) is 8.97. The van der Waals surface area contributed by atoms with Crippen LogP contribution in [-0.4, -0.2) is 14.3 Å². The SMILES string of the molecule is NS(=O)(=O)c1ccc(NC(=O)Cc2cccc(Oc3cc(Cl)ccc3Br)c2)cc1. The number of carbonyl (C=O) groups excluding carboxylic acids is 1. The molecule has 3 N–H and O–H groups in total. The lowest BCUT2D eigenvalue weighted by Crippen LogP contribution is -2.15. The van der Waals surface area contributed by atoms with Crippen LogP contribution in [0.5, 0.6) is 11.5 Å². The van der Waals surface area contributed by atoms with Crippen molar-refractivity contribution in [2.24, 2.45) is 5.14 Å². The molecule has 0 atom stereocenters. The highest BCUT2D eigenvalue weighted by atomic mass is 79.9. The molecule has 0 heterocycles. The number of rotatable bonds is 6. The minimum atomic E-state index is -3.77. The number of ether oxygens (including phenoxy) is 1. The monoisotopic (exact) mass is 494 g/mol. The number of halogens is 2. The second kappa shape index (κ2) is 8.96. The third kappa shape index (κ3) is 6.04. The minimum absolute atomic E-state index is 0.0208. The maximum Gasteiger partial charge on any atom is 0.238 e. The van der Waals surface area contributed by atoms with Gasteiger partial charge >= 0.3 is 0 Å². The van der Waals surface area contributed by atoms with Gasteiger partial charge in [-0.25, -0.2) is 13.6 Å². The van der Waals surface area contributed by atoms with Gasteiger partial charge in [-0.05, 0) is 70.0 Å². The van der Waals surface area contributed by atoms with Crippen LogP contribution in [0.1, 0.15) is 5.56 Å². The average molecular weight is 496 g/mol. The van der Waals surface area contributed by atoms with Gasteiger partial charge in [0.05, 0.1) is 15.8 Å². The number of amides is 1. The van der Waals surface area contributed by atoms with Crippen LogP contribution in [0.4, 0.5) is 5.69 Å². The van der Waals surface area contributed by atoms with E-state index in [4.69, 9.17) is 21.5 Å². The van der Waals surface area contributed by atoms with E-state index in [2.05, 4.69) is 21.2 Å². The van der Waals surface area contributed by atoms with Crippen molar-refractivity contribution in [3.05, 3.63) is 81.8 Å². The van der Waals surface area contributed by atoms with Gasteiger partial charge in [0.1, 0.15) is 11.5 Å². The van der Waals surface area contributed by atoms with E-state index in [1.54, 1.807) is 36.4 Å². The van der Waals surface area contributed by atoms with Gasteiger partial charge in [0, 0.05) is 16.8 Å². The van der Waals surface area contributed by atoms with E-state index < -0.39 is 10.0 Å². The van der Waals surface area contributed by atoms with Crippen LogP contribution in [0.25, 0.3) is 0 Å². The highest BCUT2D eigenvalue weighted by molar-refractivity contribution is 9.10. The number of sulfonamides is 1. The minimum Gasteiger partial charge on any atom is -0.456 e. The van der Waals surface area contributed by atoms with Crippen molar-refractivity contribution in [1.82, 2.24) is 0 Å². The van der Waals surface area contributed by atoms with E-state index in [1.165, 1.54) is 24.3 Å². The zero-order valence-electron chi connectivity index (χ0n) is 14.9. The summed E-state index contributed by atoms with van der Waals surface area (Å²) in [7, 11) is -3.77. The highest BCUT2D eigenvalue weighted by Gasteiger charge is 2.10. The largest absolute Gasteiger partial charge is 0.456 e. The molecule has 0 aliphatic heterocycles. The van der Waals surface area contributed by atoms with Crippen LogP contribution >= 0.6 is 27.5 Å². The molecule has 0 aliphatic rings. The maximum atomic E-state index is 12.3. The van der Waals surface area contributed by atoms with Crippen molar-refractivity contribution in [3.63, 3.8) is 0 Å². The molecule has 0 unspecified atom stereocenters. The molecule has 6 nitrogen and oxygen atoms in total. The molecule has 0 saturated heterocycles. The fourth-order valence-corrected chi connectivity index (χ4v) is 3.52. The number of nitrogens with two attached hydrogens (primary N) is 1.